The van der Waals surface area contributed by atoms with E-state index in [9.17, 15) is 9.59 Å². The third-order valence-electron chi connectivity index (χ3n) is 5.14. The topological polar surface area (TPSA) is 90.0 Å². The Morgan fingerprint density at radius 3 is 2.52 bits per heavy atom. The van der Waals surface area contributed by atoms with Gasteiger partial charge in [-0.05, 0) is 42.5 Å². The van der Waals surface area contributed by atoms with Crippen LogP contribution in [0.1, 0.15) is 16.3 Å². The largest absolute Gasteiger partial charge is 0.497 e. The molecule has 0 bridgehead atoms. The summed E-state index contributed by atoms with van der Waals surface area (Å²) < 4.78 is 17.5. The summed E-state index contributed by atoms with van der Waals surface area (Å²) in [6.45, 7) is 2.66. The van der Waals surface area contributed by atoms with Gasteiger partial charge >= 0.3 is 5.97 Å². The van der Waals surface area contributed by atoms with Crippen LogP contribution >= 0.6 is 0 Å². The van der Waals surface area contributed by atoms with Crippen molar-refractivity contribution in [2.45, 2.75) is 6.54 Å². The smallest absolute Gasteiger partial charge is 0.374 e. The van der Waals surface area contributed by atoms with Crippen molar-refractivity contribution in [3.63, 3.8) is 0 Å². The van der Waals surface area contributed by atoms with Gasteiger partial charge in [-0.3, -0.25) is 9.48 Å². The number of anilines is 1. The van der Waals surface area contributed by atoms with E-state index in [1.807, 2.05) is 24.3 Å². The normalized spacial score (nSPS) is 13.8. The Morgan fingerprint density at radius 2 is 1.84 bits per heavy atom. The van der Waals surface area contributed by atoms with Crippen LogP contribution in [0.25, 0.3) is 0 Å². The molecule has 1 saturated heterocycles. The van der Waals surface area contributed by atoms with Crippen LogP contribution in [0.5, 0.6) is 5.75 Å². The van der Waals surface area contributed by atoms with Crippen LogP contribution in [0.2, 0.25) is 0 Å². The van der Waals surface area contributed by atoms with Crippen molar-refractivity contribution in [3.8, 4) is 5.75 Å². The Kier molecular flexibility index (Phi) is 6.21. The summed E-state index contributed by atoms with van der Waals surface area (Å²) >= 11 is 0. The van der Waals surface area contributed by atoms with Gasteiger partial charge in [-0.15, -0.1) is 0 Å². The molecule has 0 spiro atoms. The van der Waals surface area contributed by atoms with Crippen LogP contribution in [0, 0.1) is 0 Å². The number of esters is 1. The van der Waals surface area contributed by atoms with E-state index in [4.69, 9.17) is 13.9 Å². The molecular formula is C22H24N4O5. The van der Waals surface area contributed by atoms with E-state index in [1.165, 1.54) is 0 Å². The van der Waals surface area contributed by atoms with Crippen molar-refractivity contribution in [2.24, 2.45) is 0 Å². The molecule has 1 amide bonds. The van der Waals surface area contributed by atoms with Gasteiger partial charge in [0.1, 0.15) is 11.5 Å². The van der Waals surface area contributed by atoms with E-state index in [0.29, 0.717) is 38.5 Å². The second kappa shape index (κ2) is 9.38. The number of methoxy groups -OCH3 is 1. The molecule has 0 radical (unpaired) electrons. The molecule has 0 saturated carbocycles. The average molecular weight is 424 g/mol. The zero-order valence-corrected chi connectivity index (χ0v) is 17.3. The van der Waals surface area contributed by atoms with Crippen molar-refractivity contribution < 1.29 is 23.5 Å². The van der Waals surface area contributed by atoms with Gasteiger partial charge in [-0.2, -0.15) is 5.10 Å². The molecular weight excluding hydrogens is 400 g/mol. The van der Waals surface area contributed by atoms with Crippen LogP contribution in [-0.2, 0) is 16.1 Å². The second-order valence-electron chi connectivity index (χ2n) is 7.11. The van der Waals surface area contributed by atoms with E-state index in [2.05, 4.69) is 10.00 Å². The molecule has 1 fully saturated rings. The van der Waals surface area contributed by atoms with Gasteiger partial charge in [0.05, 0.1) is 13.7 Å². The molecule has 31 heavy (non-hydrogen) atoms. The number of hydrogen-bond acceptors (Lipinski definition) is 7. The van der Waals surface area contributed by atoms with Crippen molar-refractivity contribution in [3.05, 3.63) is 66.4 Å². The summed E-state index contributed by atoms with van der Waals surface area (Å²) in [7, 11) is 1.64. The van der Waals surface area contributed by atoms with E-state index in [0.717, 1.165) is 11.4 Å². The number of aromatic nitrogens is 2. The van der Waals surface area contributed by atoms with Crippen molar-refractivity contribution in [1.29, 1.82) is 0 Å². The lowest BCUT2D eigenvalue weighted by Crippen LogP contribution is -2.49. The maximum absolute atomic E-state index is 12.4. The zero-order chi connectivity index (χ0) is 21.6. The number of carbonyl (C=O) groups is 2. The Bertz CT molecular complexity index is 1000. The number of hydrogen-bond donors (Lipinski definition) is 0. The first-order chi connectivity index (χ1) is 15.1. The first-order valence-electron chi connectivity index (χ1n) is 10.0. The van der Waals surface area contributed by atoms with Gasteiger partial charge in [-0.25, -0.2) is 4.79 Å². The lowest BCUT2D eigenvalue weighted by molar-refractivity contribution is -0.134. The molecule has 1 aliphatic heterocycles. The Hall–Kier alpha value is -3.75. The molecule has 3 heterocycles. The fourth-order valence-corrected chi connectivity index (χ4v) is 3.42. The van der Waals surface area contributed by atoms with Crippen molar-refractivity contribution in [1.82, 2.24) is 14.7 Å². The summed E-state index contributed by atoms with van der Waals surface area (Å²) in [5.74, 6) is 0.586. The highest BCUT2D eigenvalue weighted by Crippen LogP contribution is 2.20. The fraction of sp³-hybridized carbons (Fsp3) is 0.318. The highest BCUT2D eigenvalue weighted by Gasteiger charge is 2.23. The fourth-order valence-electron chi connectivity index (χ4n) is 3.42. The first-order valence-corrected chi connectivity index (χ1v) is 10.0. The number of piperazine rings is 1. The number of carbonyl (C=O) groups excluding carboxylic acids is 2. The average Bonchev–Trinajstić information content (AvgIpc) is 3.50. The summed E-state index contributed by atoms with van der Waals surface area (Å²) in [5.41, 5.74) is 1.09. The summed E-state index contributed by atoms with van der Waals surface area (Å²) in [4.78, 5) is 28.6. The molecule has 2 aromatic heterocycles. The molecule has 1 aromatic carbocycles. The lowest BCUT2D eigenvalue weighted by Gasteiger charge is -2.36. The van der Waals surface area contributed by atoms with Crippen LogP contribution in [0.4, 0.5) is 5.69 Å². The van der Waals surface area contributed by atoms with Crippen LogP contribution < -0.4 is 9.64 Å². The van der Waals surface area contributed by atoms with E-state index >= 15 is 0 Å². The van der Waals surface area contributed by atoms with E-state index in [1.54, 1.807) is 47.3 Å². The third kappa shape index (κ3) is 5.06. The number of ether oxygens (including phenoxy) is 2. The summed E-state index contributed by atoms with van der Waals surface area (Å²) in [5, 5.41) is 4.09. The minimum Gasteiger partial charge on any atom is -0.497 e. The number of benzene rings is 1. The highest BCUT2D eigenvalue weighted by molar-refractivity contribution is 5.89. The Balaban J connectivity index is 1.23. The van der Waals surface area contributed by atoms with Gasteiger partial charge in [0, 0.05) is 44.3 Å². The number of nitrogens with zero attached hydrogens (tertiary/aromatic N) is 4. The highest BCUT2D eigenvalue weighted by atomic mass is 16.5. The molecule has 9 heteroatoms. The minimum atomic E-state index is -0.656. The molecule has 0 unspecified atom stereocenters. The van der Waals surface area contributed by atoms with Crippen LogP contribution in [-0.4, -0.2) is 66.5 Å². The Morgan fingerprint density at radius 1 is 1.06 bits per heavy atom. The van der Waals surface area contributed by atoms with E-state index in [-0.39, 0.29) is 18.3 Å². The maximum Gasteiger partial charge on any atom is 0.374 e. The number of furan rings is 1. The standard InChI is InChI=1S/C22H24N4O5/c1-29-18-5-3-17(4-6-18)24-11-13-25(14-12-24)21(27)16-30-22(28)20-8-7-19(31-20)15-26-10-2-9-23-26/h2-10H,11-16H2,1H3. The molecule has 0 atom stereocenters. The van der Waals surface area contributed by atoms with Crippen molar-refractivity contribution in [2.75, 3.05) is 44.8 Å². The molecule has 4 rings (SSSR count). The SMILES string of the molecule is COc1ccc(N2CCN(C(=O)COC(=O)c3ccc(Cn4cccn4)o3)CC2)cc1. The predicted octanol–water partition coefficient (Wildman–Crippen LogP) is 2.04. The molecule has 162 valence electrons. The summed E-state index contributed by atoms with van der Waals surface area (Å²) in [6, 6.07) is 12.9. The number of amides is 1. The predicted molar refractivity (Wildman–Crippen MR) is 112 cm³/mol. The van der Waals surface area contributed by atoms with Gasteiger partial charge in [-0.1, -0.05) is 0 Å². The van der Waals surface area contributed by atoms with Gasteiger partial charge < -0.3 is 23.7 Å². The Labute approximate surface area is 179 Å². The minimum absolute atomic E-state index is 0.0688. The van der Waals surface area contributed by atoms with Crippen LogP contribution in [0.15, 0.2) is 59.3 Å². The van der Waals surface area contributed by atoms with Crippen LogP contribution in [0.3, 0.4) is 0 Å². The quantitative estimate of drug-likeness (QED) is 0.536. The first kappa shape index (κ1) is 20.5. The monoisotopic (exact) mass is 424 g/mol. The van der Waals surface area contributed by atoms with Crippen molar-refractivity contribution >= 4 is 17.6 Å². The molecule has 9 nitrogen and oxygen atoms in total. The van der Waals surface area contributed by atoms with Gasteiger partial charge in [0.15, 0.2) is 6.61 Å². The molecule has 3 aromatic rings. The van der Waals surface area contributed by atoms with Gasteiger partial charge in [0.25, 0.3) is 5.91 Å². The zero-order valence-electron chi connectivity index (χ0n) is 17.3. The van der Waals surface area contributed by atoms with Gasteiger partial charge in [0.2, 0.25) is 5.76 Å². The summed E-state index contributed by atoms with van der Waals surface area (Å²) in [6.07, 6.45) is 3.47. The molecule has 0 N–H and O–H groups in total. The lowest BCUT2D eigenvalue weighted by atomic mass is 10.2. The third-order valence-corrected chi connectivity index (χ3v) is 5.14. The maximum atomic E-state index is 12.4. The molecule has 0 aliphatic carbocycles. The number of rotatable bonds is 7. The van der Waals surface area contributed by atoms with E-state index < -0.39 is 5.97 Å². The second-order valence-corrected chi connectivity index (χ2v) is 7.11. The molecule has 1 aliphatic rings.